The Hall–Kier alpha value is -1.93. The van der Waals surface area contributed by atoms with Crippen LogP contribution < -0.4 is 90.0 Å². The second kappa shape index (κ2) is 17.9. The van der Waals surface area contributed by atoms with E-state index in [1.54, 1.807) is 32.2 Å². The third-order valence-corrected chi connectivity index (χ3v) is 5.38. The Morgan fingerprint density at radius 2 is 1.68 bits per heavy atom. The van der Waals surface area contributed by atoms with Gasteiger partial charge in [-0.3, -0.25) is 0 Å². The molecule has 16 nitrogen and oxygen atoms in total. The summed E-state index contributed by atoms with van der Waals surface area (Å²) in [7, 11) is -3.92. The van der Waals surface area contributed by atoms with Crippen molar-refractivity contribution >= 4 is 42.1 Å². The molecule has 0 radical (unpaired) electrons. The van der Waals surface area contributed by atoms with E-state index in [4.69, 9.17) is 9.15 Å². The molecule has 0 fully saturated rings. The van der Waals surface area contributed by atoms with Crippen molar-refractivity contribution in [3.63, 3.8) is 0 Å². The van der Waals surface area contributed by atoms with Crippen molar-refractivity contribution in [2.75, 3.05) is 17.7 Å². The smallest absolute Gasteiger partial charge is 0.790 e. The standard InChI is InChI=1S/C21H21FN5O7P.2Na.4H2O/c1-11-6-14(8-17(32-3)18(11)22)25-20-23-9-12(2)19(26-20)24-13-4-5-16-15(7-13)27(21(28)34-16)10-33-35(29,30)31;;;;;;/h4-9H,10H2,1-3H3,(H2,29,30,31)(H2,23,24,25,26);;;4*1H2/q;2*+1;;;;/p-2. The van der Waals surface area contributed by atoms with Gasteiger partial charge in [-0.05, 0) is 43.7 Å². The summed E-state index contributed by atoms with van der Waals surface area (Å²) in [5.41, 5.74) is 2.44. The fourth-order valence-corrected chi connectivity index (χ4v) is 3.50. The molecule has 2 aromatic heterocycles. The first-order valence-corrected chi connectivity index (χ1v) is 11.5. The van der Waals surface area contributed by atoms with Gasteiger partial charge in [0, 0.05) is 29.2 Å². The van der Waals surface area contributed by atoms with Crippen molar-refractivity contribution in [2.24, 2.45) is 0 Å². The van der Waals surface area contributed by atoms with Crippen molar-refractivity contribution in [3.8, 4) is 5.75 Å². The zero-order chi connectivity index (χ0) is 25.3. The van der Waals surface area contributed by atoms with E-state index < -0.39 is 26.1 Å². The van der Waals surface area contributed by atoms with E-state index in [-0.39, 0.29) is 104 Å². The Kier molecular flexibility index (Phi) is 19.0. The minimum atomic E-state index is -5.29. The van der Waals surface area contributed by atoms with Crippen molar-refractivity contribution in [1.82, 2.24) is 14.5 Å². The second-order valence-corrected chi connectivity index (χ2v) is 8.62. The normalized spacial score (nSPS) is 9.90. The quantitative estimate of drug-likeness (QED) is 0.138. The van der Waals surface area contributed by atoms with Crippen molar-refractivity contribution in [3.05, 3.63) is 64.0 Å². The largest absolute Gasteiger partial charge is 1.00 e. The van der Waals surface area contributed by atoms with Gasteiger partial charge >= 0.3 is 64.9 Å². The number of nitrogens with zero attached hydrogens (tertiary/aromatic N) is 3. The molecule has 2 aromatic carbocycles. The second-order valence-electron chi connectivity index (χ2n) is 7.47. The van der Waals surface area contributed by atoms with Gasteiger partial charge in [-0.15, -0.1) is 0 Å². The predicted molar refractivity (Wildman–Crippen MR) is 135 cm³/mol. The van der Waals surface area contributed by atoms with Crippen LogP contribution in [0.4, 0.5) is 27.5 Å². The summed E-state index contributed by atoms with van der Waals surface area (Å²) in [6.07, 6.45) is 1.57. The third kappa shape index (κ3) is 10.7. The molecule has 0 aliphatic heterocycles. The molecule has 10 N–H and O–H groups in total. The van der Waals surface area contributed by atoms with Crippen LogP contribution in [0.1, 0.15) is 11.1 Å². The number of methoxy groups -OCH3 is 1. The molecule has 0 aliphatic rings. The Morgan fingerprint density at radius 1 is 1.02 bits per heavy atom. The fourth-order valence-electron chi connectivity index (χ4n) is 3.24. The number of ether oxygens (including phenoxy) is 1. The summed E-state index contributed by atoms with van der Waals surface area (Å²) in [4.78, 5) is 42.3. The summed E-state index contributed by atoms with van der Waals surface area (Å²) in [6, 6.07) is 7.69. The average Bonchev–Trinajstić information content (AvgIpc) is 3.10. The van der Waals surface area contributed by atoms with Gasteiger partial charge in [-0.1, -0.05) is 0 Å². The van der Waals surface area contributed by atoms with Crippen LogP contribution in [-0.2, 0) is 15.8 Å². The van der Waals surface area contributed by atoms with Gasteiger partial charge in [-0.2, -0.15) is 4.98 Å². The van der Waals surface area contributed by atoms with Crippen LogP contribution in [0, 0.1) is 19.7 Å². The van der Waals surface area contributed by atoms with Crippen LogP contribution in [0.15, 0.2) is 45.7 Å². The summed E-state index contributed by atoms with van der Waals surface area (Å²) in [5, 5.41) is 6.09. The third-order valence-electron chi connectivity index (χ3n) is 4.94. The molecule has 216 valence electrons. The maximum atomic E-state index is 14.1. The van der Waals surface area contributed by atoms with E-state index >= 15 is 0 Å². The maximum Gasteiger partial charge on any atom is 1.00 e. The Balaban J connectivity index is -0.00000241. The molecule has 0 atom stereocenters. The van der Waals surface area contributed by atoms with Gasteiger partial charge in [0.1, 0.15) is 12.5 Å². The zero-order valence-electron chi connectivity index (χ0n) is 22.7. The molecule has 0 saturated heterocycles. The van der Waals surface area contributed by atoms with E-state index in [1.165, 1.54) is 25.3 Å². The number of anilines is 4. The van der Waals surface area contributed by atoms with Crippen LogP contribution >= 0.6 is 7.82 Å². The molecule has 4 aromatic rings. The number of nitrogens with one attached hydrogen (secondary N) is 2. The van der Waals surface area contributed by atoms with Gasteiger partial charge in [0.15, 0.2) is 17.1 Å². The van der Waals surface area contributed by atoms with E-state index in [2.05, 4.69) is 25.1 Å². The monoisotopic (exact) mass is 621 g/mol. The van der Waals surface area contributed by atoms with Crippen molar-refractivity contribution < 1.29 is 113 Å². The molecule has 0 saturated carbocycles. The first-order chi connectivity index (χ1) is 16.5. The van der Waals surface area contributed by atoms with Gasteiger partial charge < -0.3 is 60.6 Å². The fraction of sp³-hybridized carbons (Fsp3) is 0.190. The van der Waals surface area contributed by atoms with Crippen LogP contribution in [0.2, 0.25) is 0 Å². The molecule has 0 aliphatic carbocycles. The van der Waals surface area contributed by atoms with Gasteiger partial charge in [0.2, 0.25) is 5.95 Å². The van der Waals surface area contributed by atoms with Crippen LogP contribution in [0.3, 0.4) is 0 Å². The van der Waals surface area contributed by atoms with Crippen LogP contribution in [0.25, 0.3) is 11.1 Å². The molecular formula is C21H27FN5Na2O11P. The Bertz CT molecular complexity index is 1530. The molecule has 0 amide bonds. The zero-order valence-corrected chi connectivity index (χ0v) is 27.6. The van der Waals surface area contributed by atoms with E-state index in [0.717, 1.165) is 4.57 Å². The van der Waals surface area contributed by atoms with E-state index in [0.29, 0.717) is 28.3 Å². The summed E-state index contributed by atoms with van der Waals surface area (Å²) < 4.78 is 40.0. The number of benzene rings is 2. The van der Waals surface area contributed by atoms with Crippen molar-refractivity contribution in [1.29, 1.82) is 0 Å². The van der Waals surface area contributed by atoms with Gasteiger partial charge in [0.25, 0.3) is 0 Å². The first-order valence-electron chi connectivity index (χ1n) is 10.1. The predicted octanol–water partition coefficient (Wildman–Crippen LogP) is -6.85. The Morgan fingerprint density at radius 3 is 2.29 bits per heavy atom. The molecule has 20 heteroatoms. The maximum absolute atomic E-state index is 14.1. The number of fused-ring (bicyclic) bond motifs is 1. The number of rotatable bonds is 8. The number of phosphoric acid groups is 1. The molecule has 0 spiro atoms. The first kappa shape index (κ1) is 43.5. The summed E-state index contributed by atoms with van der Waals surface area (Å²) in [5.74, 6) is -0.628. The Labute approximate surface area is 276 Å². The number of oxazole rings is 1. The summed E-state index contributed by atoms with van der Waals surface area (Å²) >= 11 is 0. The number of hydrogen-bond donors (Lipinski definition) is 2. The molecule has 0 bridgehead atoms. The minimum Gasteiger partial charge on any atom is -0.790 e. The van der Waals surface area contributed by atoms with E-state index in [1.807, 2.05) is 0 Å². The number of hydrogen-bond acceptors (Lipinski definition) is 11. The van der Waals surface area contributed by atoms with E-state index in [9.17, 15) is 23.5 Å². The number of halogens is 1. The number of phosphoric ester groups is 1. The van der Waals surface area contributed by atoms with Crippen LogP contribution in [0.5, 0.6) is 5.75 Å². The van der Waals surface area contributed by atoms with Gasteiger partial charge in [-0.25, -0.2) is 18.7 Å². The topological polar surface area (TPSA) is 293 Å². The van der Waals surface area contributed by atoms with Crippen molar-refractivity contribution in [2.45, 2.75) is 20.6 Å². The molecular weight excluding hydrogens is 594 g/mol. The number of aromatic nitrogens is 3. The van der Waals surface area contributed by atoms with Gasteiger partial charge in [0.05, 0.1) is 20.4 Å². The minimum absolute atomic E-state index is 0. The summed E-state index contributed by atoms with van der Waals surface area (Å²) in [6.45, 7) is 2.56. The van der Waals surface area contributed by atoms with Crippen LogP contribution in [-0.4, -0.2) is 43.5 Å². The molecule has 0 unspecified atom stereocenters. The molecule has 41 heavy (non-hydrogen) atoms. The molecule has 4 rings (SSSR count). The SMILES string of the molecule is COc1cc(Nc2ncc(C)c(Nc3ccc4oc(=O)n(COP(=O)([O-])[O-])c4c3)n2)cc(C)c1F.O.O.O.O.[Na+].[Na+]. The number of aryl methyl sites for hydroxylation is 2. The molecule has 2 heterocycles. The average molecular weight is 621 g/mol.